The van der Waals surface area contributed by atoms with E-state index in [0.717, 1.165) is 0 Å². The van der Waals surface area contributed by atoms with Gasteiger partial charge in [0, 0.05) is 25.7 Å². The van der Waals surface area contributed by atoms with Gasteiger partial charge >= 0.3 is 11.9 Å². The Morgan fingerprint density at radius 2 is 1.41 bits per heavy atom. The molecule has 0 aromatic heterocycles. The van der Waals surface area contributed by atoms with Crippen LogP contribution in [0.4, 0.5) is 0 Å². The van der Waals surface area contributed by atoms with Crippen molar-refractivity contribution < 1.29 is 38.8 Å². The number of hydrogen-bond acceptors (Lipinski definition) is 12. The number of nitriles is 2. The van der Waals surface area contributed by atoms with Gasteiger partial charge in [0.2, 0.25) is 0 Å². The van der Waals surface area contributed by atoms with E-state index in [1.54, 1.807) is 0 Å². The van der Waals surface area contributed by atoms with Crippen molar-refractivity contribution in [1.29, 1.82) is 10.5 Å². The van der Waals surface area contributed by atoms with E-state index in [-0.39, 0.29) is 51.4 Å². The first-order chi connectivity index (χ1) is 15.9. The Hall–Kier alpha value is -3.91. The zero-order valence-electron chi connectivity index (χ0n) is 18.7. The van der Waals surface area contributed by atoms with Crippen molar-refractivity contribution in [3.05, 3.63) is 0 Å². The summed E-state index contributed by atoms with van der Waals surface area (Å²) in [5, 5.41) is 37.3. The van der Waals surface area contributed by atoms with Crippen molar-refractivity contribution in [3.8, 4) is 12.1 Å². The van der Waals surface area contributed by atoms with E-state index in [9.17, 15) is 39.6 Å². The Morgan fingerprint density at radius 1 is 0.941 bits per heavy atom. The van der Waals surface area contributed by atoms with E-state index in [1.807, 2.05) is 12.1 Å². The summed E-state index contributed by atoms with van der Waals surface area (Å²) in [6.45, 7) is 2.73. The van der Waals surface area contributed by atoms with Crippen LogP contribution in [0.5, 0.6) is 0 Å². The highest BCUT2D eigenvalue weighted by molar-refractivity contribution is 6.01. The van der Waals surface area contributed by atoms with E-state index in [0.29, 0.717) is 10.1 Å². The molecule has 2 saturated heterocycles. The van der Waals surface area contributed by atoms with Gasteiger partial charge in [0.25, 0.3) is 17.7 Å². The third-order valence-electron chi connectivity index (χ3n) is 5.14. The van der Waals surface area contributed by atoms with Crippen LogP contribution in [0.2, 0.25) is 0 Å². The van der Waals surface area contributed by atoms with Crippen molar-refractivity contribution in [3.63, 3.8) is 0 Å². The van der Waals surface area contributed by atoms with Gasteiger partial charge in [0.1, 0.15) is 0 Å². The van der Waals surface area contributed by atoms with E-state index >= 15 is 0 Å². The summed E-state index contributed by atoms with van der Waals surface area (Å²) in [7, 11) is 0. The van der Waals surface area contributed by atoms with E-state index < -0.39 is 47.0 Å². The minimum absolute atomic E-state index is 0.0451. The molecule has 1 N–H and O–H groups in total. The summed E-state index contributed by atoms with van der Waals surface area (Å²) in [6.07, 6.45) is -2.16. The molecule has 34 heavy (non-hydrogen) atoms. The molecule has 0 aliphatic carbocycles. The van der Waals surface area contributed by atoms with Crippen molar-refractivity contribution >= 4 is 29.7 Å². The van der Waals surface area contributed by atoms with Crippen LogP contribution in [0, 0.1) is 22.7 Å². The maximum Gasteiger partial charge on any atom is 0.333 e. The number of carbonyl (C=O) groups is 5. The van der Waals surface area contributed by atoms with Gasteiger partial charge in [-0.2, -0.15) is 20.8 Å². The third-order valence-corrected chi connectivity index (χ3v) is 5.14. The quantitative estimate of drug-likeness (QED) is 0.343. The zero-order valence-corrected chi connectivity index (χ0v) is 18.7. The average molecular weight is 476 g/mol. The fraction of sp³-hybridized carbons (Fsp3) is 0.650. The summed E-state index contributed by atoms with van der Waals surface area (Å²) >= 11 is 0. The Labute approximate surface area is 194 Å². The minimum Gasteiger partial charge on any atom is -0.370 e. The standard InChI is InChI=1S/C20H24N6O8/c1-19(11-21,9-7-17(31)33-25-13(27)3-4-14(25)28)23-24-20(2,12-22)10-8-18(32)34-26-15(29)5-6-16(26)30/h13,27H,3-10H2,1-2H3. The molecular weight excluding hydrogens is 452 g/mol. The number of carbonyl (C=O) groups excluding carboxylic acids is 5. The summed E-state index contributed by atoms with van der Waals surface area (Å²) in [5.74, 6) is -3.57. The molecule has 0 bridgehead atoms. The minimum atomic E-state index is -1.54. The number of rotatable bonds is 10. The largest absolute Gasteiger partial charge is 0.370 e. The molecule has 0 spiro atoms. The summed E-state index contributed by atoms with van der Waals surface area (Å²) in [5.41, 5.74) is -3.07. The first-order valence-corrected chi connectivity index (χ1v) is 10.5. The van der Waals surface area contributed by atoms with Crippen molar-refractivity contribution in [2.24, 2.45) is 10.2 Å². The fourth-order valence-corrected chi connectivity index (χ4v) is 2.89. The maximum absolute atomic E-state index is 12.0. The highest BCUT2D eigenvalue weighted by atomic mass is 16.7. The van der Waals surface area contributed by atoms with Gasteiger partial charge in [0.05, 0.1) is 25.0 Å². The normalized spacial score (nSPS) is 21.7. The Kier molecular flexibility index (Phi) is 8.37. The van der Waals surface area contributed by atoms with Crippen molar-refractivity contribution in [2.75, 3.05) is 0 Å². The van der Waals surface area contributed by atoms with Crippen molar-refractivity contribution in [1.82, 2.24) is 10.1 Å². The molecule has 2 aliphatic rings. The van der Waals surface area contributed by atoms with Crippen LogP contribution in [0.1, 0.15) is 65.2 Å². The average Bonchev–Trinajstić information content (AvgIpc) is 3.30. The van der Waals surface area contributed by atoms with Gasteiger partial charge in [-0.05, 0) is 26.7 Å². The van der Waals surface area contributed by atoms with Crippen LogP contribution in [0.3, 0.4) is 0 Å². The molecule has 2 rings (SSSR count). The number of hydroxylamine groups is 4. The lowest BCUT2D eigenvalue weighted by molar-refractivity contribution is -0.220. The molecule has 14 nitrogen and oxygen atoms in total. The van der Waals surface area contributed by atoms with Crippen LogP contribution in [0.25, 0.3) is 0 Å². The maximum atomic E-state index is 12.0. The molecule has 0 aromatic rings. The molecule has 3 atom stereocenters. The van der Waals surface area contributed by atoms with Gasteiger partial charge in [-0.1, -0.05) is 0 Å². The molecule has 182 valence electrons. The first-order valence-electron chi connectivity index (χ1n) is 10.5. The topological polar surface area (TPSA) is 203 Å². The molecule has 2 fully saturated rings. The highest BCUT2D eigenvalue weighted by Crippen LogP contribution is 2.25. The first kappa shape index (κ1) is 26.3. The van der Waals surface area contributed by atoms with E-state index in [2.05, 4.69) is 10.2 Å². The fourth-order valence-electron chi connectivity index (χ4n) is 2.89. The predicted octanol–water partition coefficient (Wildman–Crippen LogP) is 0.570. The second kappa shape index (κ2) is 10.8. The van der Waals surface area contributed by atoms with E-state index in [1.165, 1.54) is 13.8 Å². The number of aliphatic hydroxyl groups is 1. The molecule has 0 radical (unpaired) electrons. The molecule has 3 amide bonds. The number of amides is 3. The van der Waals surface area contributed by atoms with E-state index in [4.69, 9.17) is 9.68 Å². The number of nitrogens with zero attached hydrogens (tertiary/aromatic N) is 6. The monoisotopic (exact) mass is 476 g/mol. The Morgan fingerprint density at radius 3 is 1.82 bits per heavy atom. The van der Waals surface area contributed by atoms with Gasteiger partial charge in [0.15, 0.2) is 17.3 Å². The highest BCUT2D eigenvalue weighted by Gasteiger charge is 2.36. The molecule has 2 aliphatic heterocycles. The van der Waals surface area contributed by atoms with Crippen molar-refractivity contribution in [2.45, 2.75) is 82.5 Å². The summed E-state index contributed by atoms with van der Waals surface area (Å²) in [4.78, 5) is 68.1. The lowest BCUT2D eigenvalue weighted by atomic mass is 9.97. The molecule has 0 saturated carbocycles. The second-order valence-corrected chi connectivity index (χ2v) is 8.22. The lowest BCUT2D eigenvalue weighted by Gasteiger charge is -2.21. The zero-order chi connectivity index (χ0) is 25.5. The number of hydrogen-bond donors (Lipinski definition) is 1. The van der Waals surface area contributed by atoms with Crippen LogP contribution in [0.15, 0.2) is 10.2 Å². The van der Waals surface area contributed by atoms with Gasteiger partial charge in [-0.25, -0.2) is 9.59 Å². The number of azo groups is 1. The van der Waals surface area contributed by atoms with Gasteiger partial charge in [-0.3, -0.25) is 14.4 Å². The molecule has 0 aromatic carbocycles. The summed E-state index contributed by atoms with van der Waals surface area (Å²) < 4.78 is 0. The molecular formula is C20H24N6O8. The predicted molar refractivity (Wildman–Crippen MR) is 107 cm³/mol. The Bertz CT molecular complexity index is 969. The van der Waals surface area contributed by atoms with Crippen LogP contribution >= 0.6 is 0 Å². The smallest absolute Gasteiger partial charge is 0.333 e. The lowest BCUT2D eigenvalue weighted by Crippen LogP contribution is -2.35. The molecule has 14 heteroatoms. The molecule has 3 unspecified atom stereocenters. The number of aliphatic hydroxyl groups excluding tert-OH is 1. The van der Waals surface area contributed by atoms with Gasteiger partial charge < -0.3 is 14.8 Å². The second-order valence-electron chi connectivity index (χ2n) is 8.22. The van der Waals surface area contributed by atoms with Crippen LogP contribution in [-0.4, -0.2) is 62.2 Å². The summed E-state index contributed by atoms with van der Waals surface area (Å²) in [6, 6.07) is 3.76. The van der Waals surface area contributed by atoms with Gasteiger partial charge in [-0.15, -0.1) is 10.1 Å². The SMILES string of the molecule is CC(C#N)(CCC(=O)ON1C(=O)CCC1=O)N=NC(C)(C#N)CCC(=O)ON1C(=O)CCC1O. The number of imide groups is 1. The third kappa shape index (κ3) is 6.79. The van der Waals surface area contributed by atoms with Crippen LogP contribution < -0.4 is 0 Å². The molecule has 2 heterocycles. The Balaban J connectivity index is 1.91. The van der Waals surface area contributed by atoms with Crippen LogP contribution in [-0.2, 0) is 33.6 Å².